The van der Waals surface area contributed by atoms with Crippen LogP contribution >= 0.6 is 0 Å². The highest BCUT2D eigenvalue weighted by Gasteiger charge is 2.26. The summed E-state index contributed by atoms with van der Waals surface area (Å²) in [4.78, 5) is 31.4. The summed E-state index contributed by atoms with van der Waals surface area (Å²) >= 11 is 0. The van der Waals surface area contributed by atoms with E-state index in [0.717, 1.165) is 28.6 Å². The van der Waals surface area contributed by atoms with Crippen molar-refractivity contribution >= 4 is 34.1 Å². The fourth-order valence-corrected chi connectivity index (χ4v) is 3.62. The molecule has 4 aromatic rings. The van der Waals surface area contributed by atoms with Gasteiger partial charge in [0.1, 0.15) is 12.0 Å². The Kier molecular flexibility index (Phi) is 4.09. The highest BCUT2D eigenvalue weighted by molar-refractivity contribution is 6.08. The van der Waals surface area contributed by atoms with E-state index in [9.17, 15) is 9.59 Å². The molecule has 0 atom stereocenters. The highest BCUT2D eigenvalue weighted by atomic mass is 16.3. The quantitative estimate of drug-likeness (QED) is 0.573. The minimum Gasteiger partial charge on any atom is -0.472 e. The van der Waals surface area contributed by atoms with Gasteiger partial charge in [-0.15, -0.1) is 0 Å². The van der Waals surface area contributed by atoms with Gasteiger partial charge in [-0.1, -0.05) is 24.3 Å². The monoisotopic (exact) mass is 383 g/mol. The Labute approximate surface area is 166 Å². The number of anilines is 2. The number of pyridine rings is 1. The fourth-order valence-electron chi connectivity index (χ4n) is 3.62. The Morgan fingerprint density at radius 3 is 2.79 bits per heavy atom. The number of carbonyl (C=O) groups is 2. The number of rotatable bonds is 3. The molecule has 0 bridgehead atoms. The van der Waals surface area contributed by atoms with E-state index in [1.807, 2.05) is 42.5 Å². The van der Waals surface area contributed by atoms with E-state index in [4.69, 9.17) is 4.42 Å². The summed E-state index contributed by atoms with van der Waals surface area (Å²) in [5.74, 6) is -0.352. The van der Waals surface area contributed by atoms with Crippen LogP contribution in [0, 0.1) is 0 Å². The zero-order valence-corrected chi connectivity index (χ0v) is 15.5. The van der Waals surface area contributed by atoms with Crippen LogP contribution in [0.25, 0.3) is 10.9 Å². The maximum Gasteiger partial charge on any atom is 0.274 e. The largest absolute Gasteiger partial charge is 0.472 e. The molecular formula is C23H17N3O3. The number of carbonyl (C=O) groups excluding carboxylic acids is 2. The van der Waals surface area contributed by atoms with E-state index in [0.29, 0.717) is 23.5 Å². The van der Waals surface area contributed by atoms with Crippen molar-refractivity contribution in [3.05, 3.63) is 90.0 Å². The van der Waals surface area contributed by atoms with Gasteiger partial charge in [0, 0.05) is 23.3 Å². The molecule has 0 fully saturated rings. The number of nitrogens with zero attached hydrogens (tertiary/aromatic N) is 2. The lowest BCUT2D eigenvalue weighted by Gasteiger charge is -2.16. The second-order valence-corrected chi connectivity index (χ2v) is 6.91. The predicted molar refractivity (Wildman–Crippen MR) is 110 cm³/mol. The summed E-state index contributed by atoms with van der Waals surface area (Å²) in [6.07, 6.45) is 3.67. The van der Waals surface area contributed by atoms with E-state index >= 15 is 0 Å². The summed E-state index contributed by atoms with van der Waals surface area (Å²) in [5, 5.41) is 3.89. The maximum absolute atomic E-state index is 12.6. The lowest BCUT2D eigenvalue weighted by atomic mass is 10.1. The number of fused-ring (bicyclic) bond motifs is 2. The van der Waals surface area contributed by atoms with Gasteiger partial charge in [0.25, 0.3) is 11.8 Å². The third-order valence-corrected chi connectivity index (χ3v) is 5.08. The van der Waals surface area contributed by atoms with E-state index in [1.54, 1.807) is 23.1 Å². The van der Waals surface area contributed by atoms with E-state index < -0.39 is 0 Å². The second kappa shape index (κ2) is 6.91. The van der Waals surface area contributed by atoms with Crippen LogP contribution in [0.3, 0.4) is 0 Å². The first-order valence-corrected chi connectivity index (χ1v) is 9.33. The zero-order chi connectivity index (χ0) is 19.8. The molecule has 0 unspecified atom stereocenters. The van der Waals surface area contributed by atoms with Crippen molar-refractivity contribution in [2.45, 2.75) is 6.42 Å². The minimum absolute atomic E-state index is 0.0883. The van der Waals surface area contributed by atoms with Gasteiger partial charge in [-0.05, 0) is 48.4 Å². The van der Waals surface area contributed by atoms with Crippen LogP contribution in [-0.4, -0.2) is 23.3 Å². The zero-order valence-electron chi connectivity index (χ0n) is 15.5. The van der Waals surface area contributed by atoms with Crippen LogP contribution in [0.5, 0.6) is 0 Å². The lowest BCUT2D eigenvalue weighted by Crippen LogP contribution is -2.28. The van der Waals surface area contributed by atoms with Gasteiger partial charge in [-0.3, -0.25) is 9.59 Å². The van der Waals surface area contributed by atoms with Crippen molar-refractivity contribution in [1.29, 1.82) is 0 Å². The van der Waals surface area contributed by atoms with Crippen LogP contribution < -0.4 is 10.2 Å². The van der Waals surface area contributed by atoms with Crippen molar-refractivity contribution in [3.63, 3.8) is 0 Å². The fraction of sp³-hybridized carbons (Fsp3) is 0.0870. The summed E-state index contributed by atoms with van der Waals surface area (Å²) in [6.45, 7) is 0.600. The van der Waals surface area contributed by atoms with Gasteiger partial charge in [-0.25, -0.2) is 4.98 Å². The molecule has 6 heteroatoms. The van der Waals surface area contributed by atoms with Crippen molar-refractivity contribution in [3.8, 4) is 0 Å². The SMILES string of the molecule is O=C(Nc1ccc2c(c1)CCN2C(=O)c1ccoc1)c1ccc2ccccc2n1. The van der Waals surface area contributed by atoms with E-state index in [-0.39, 0.29) is 11.8 Å². The van der Waals surface area contributed by atoms with Crippen LogP contribution in [0.1, 0.15) is 26.4 Å². The first-order chi connectivity index (χ1) is 14.2. The number of hydrogen-bond acceptors (Lipinski definition) is 4. The Hall–Kier alpha value is -3.93. The van der Waals surface area contributed by atoms with E-state index in [1.165, 1.54) is 12.5 Å². The molecule has 5 rings (SSSR count). The van der Waals surface area contributed by atoms with Gasteiger partial charge < -0.3 is 14.6 Å². The van der Waals surface area contributed by atoms with Crippen LogP contribution in [0.4, 0.5) is 11.4 Å². The molecule has 29 heavy (non-hydrogen) atoms. The summed E-state index contributed by atoms with van der Waals surface area (Å²) in [6, 6.07) is 18.5. The van der Waals surface area contributed by atoms with Crippen molar-refractivity contribution in [2.24, 2.45) is 0 Å². The number of furan rings is 1. The molecule has 6 nitrogen and oxygen atoms in total. The number of amides is 2. The van der Waals surface area contributed by atoms with Gasteiger partial charge in [0.15, 0.2) is 0 Å². The number of hydrogen-bond donors (Lipinski definition) is 1. The third-order valence-electron chi connectivity index (χ3n) is 5.08. The Morgan fingerprint density at radius 2 is 1.93 bits per heavy atom. The standard InChI is InChI=1S/C23H17N3O3/c27-22(20-7-5-15-3-1-2-4-19(15)25-20)24-18-6-8-21-16(13-18)9-11-26(21)23(28)17-10-12-29-14-17/h1-8,10,12-14H,9,11H2,(H,24,27). The van der Waals surface area contributed by atoms with E-state index in [2.05, 4.69) is 10.3 Å². The molecule has 2 aromatic carbocycles. The van der Waals surface area contributed by atoms with Crippen LogP contribution in [0.15, 0.2) is 77.6 Å². The molecule has 0 aliphatic carbocycles. The molecular weight excluding hydrogens is 366 g/mol. The van der Waals surface area contributed by atoms with Gasteiger partial charge in [-0.2, -0.15) is 0 Å². The molecule has 3 heterocycles. The minimum atomic E-state index is -0.264. The number of nitrogens with one attached hydrogen (secondary N) is 1. The van der Waals surface area contributed by atoms with Crippen molar-refractivity contribution in [2.75, 3.05) is 16.8 Å². The van der Waals surface area contributed by atoms with Crippen molar-refractivity contribution in [1.82, 2.24) is 4.98 Å². The molecule has 1 N–H and O–H groups in total. The molecule has 0 spiro atoms. The molecule has 2 amide bonds. The van der Waals surface area contributed by atoms with Crippen LogP contribution in [-0.2, 0) is 6.42 Å². The molecule has 1 aliphatic rings. The van der Waals surface area contributed by atoms with Gasteiger partial charge in [0.2, 0.25) is 0 Å². The molecule has 0 saturated heterocycles. The lowest BCUT2D eigenvalue weighted by molar-refractivity contribution is 0.0986. The topological polar surface area (TPSA) is 75.4 Å². The number of benzene rings is 2. The first-order valence-electron chi connectivity index (χ1n) is 9.33. The summed E-state index contributed by atoms with van der Waals surface area (Å²) in [5.41, 5.74) is 4.23. The van der Waals surface area contributed by atoms with Crippen molar-refractivity contribution < 1.29 is 14.0 Å². The first kappa shape index (κ1) is 17.2. The smallest absolute Gasteiger partial charge is 0.274 e. The molecule has 2 aromatic heterocycles. The second-order valence-electron chi connectivity index (χ2n) is 6.91. The van der Waals surface area contributed by atoms with Gasteiger partial charge >= 0.3 is 0 Å². The Balaban J connectivity index is 1.36. The predicted octanol–water partition coefficient (Wildman–Crippen LogP) is 4.28. The molecule has 0 saturated carbocycles. The summed E-state index contributed by atoms with van der Waals surface area (Å²) in [7, 11) is 0. The number of para-hydroxylation sites is 1. The molecule has 1 aliphatic heterocycles. The summed E-state index contributed by atoms with van der Waals surface area (Å²) < 4.78 is 5.01. The van der Waals surface area contributed by atoms with Crippen LogP contribution in [0.2, 0.25) is 0 Å². The highest BCUT2D eigenvalue weighted by Crippen LogP contribution is 2.32. The number of aromatic nitrogens is 1. The normalized spacial score (nSPS) is 12.8. The Morgan fingerprint density at radius 1 is 1.03 bits per heavy atom. The van der Waals surface area contributed by atoms with Gasteiger partial charge in [0.05, 0.1) is 17.3 Å². The Bertz CT molecular complexity index is 1230. The molecule has 142 valence electrons. The third kappa shape index (κ3) is 3.14. The average molecular weight is 383 g/mol. The molecule has 0 radical (unpaired) electrons. The maximum atomic E-state index is 12.6. The average Bonchev–Trinajstić information content (AvgIpc) is 3.43.